The van der Waals surface area contributed by atoms with Gasteiger partial charge >= 0.3 is 12.4 Å². The first-order chi connectivity index (χ1) is 16.3. The molecule has 4 atom stereocenters. The van der Waals surface area contributed by atoms with E-state index >= 15 is 0 Å². The Kier molecular flexibility index (Phi) is 7.91. The lowest BCUT2D eigenvalue weighted by molar-refractivity contribution is -0.143. The zero-order valence-electron chi connectivity index (χ0n) is 18.5. The number of carbonyl (C=O) groups is 2. The van der Waals surface area contributed by atoms with Crippen molar-refractivity contribution < 1.29 is 45.1 Å². The summed E-state index contributed by atoms with van der Waals surface area (Å²) >= 11 is 0. The van der Waals surface area contributed by atoms with Gasteiger partial charge in [0.05, 0.1) is 29.6 Å². The van der Waals surface area contributed by atoms with E-state index in [1.165, 1.54) is 29.2 Å². The fourth-order valence-electron chi connectivity index (χ4n) is 4.07. The summed E-state index contributed by atoms with van der Waals surface area (Å²) < 4.78 is 97.8. The molecule has 2 aliphatic rings. The molecule has 0 N–H and O–H groups in total. The molecule has 0 saturated carbocycles. The molecule has 4 rings (SSSR count). The first-order valence-corrected chi connectivity index (χ1v) is 11.7. The molecule has 0 bridgehead atoms. The number of hydrogen-bond acceptors (Lipinski definition) is 3. The van der Waals surface area contributed by atoms with Crippen LogP contribution in [-0.4, -0.2) is 34.8 Å². The minimum atomic E-state index is -4.99. The van der Waals surface area contributed by atoms with Crippen LogP contribution in [0.2, 0.25) is 0 Å². The van der Waals surface area contributed by atoms with Gasteiger partial charge in [-0.15, -0.1) is 0 Å². The van der Waals surface area contributed by atoms with E-state index in [1.807, 2.05) is 13.8 Å². The molecule has 190 valence electrons. The zero-order chi connectivity index (χ0) is 26.1. The smallest absolute Gasteiger partial charge is 0.371 e. The molecule has 0 aromatic heterocycles. The second-order valence-electron chi connectivity index (χ2n) is 7.72. The van der Waals surface area contributed by atoms with Gasteiger partial charge in [0, 0.05) is 12.5 Å². The van der Waals surface area contributed by atoms with Gasteiger partial charge in [0.1, 0.15) is 5.82 Å². The van der Waals surface area contributed by atoms with Gasteiger partial charge in [-0.2, -0.15) is 26.3 Å². The van der Waals surface area contributed by atoms with E-state index in [0.29, 0.717) is 17.7 Å². The summed E-state index contributed by atoms with van der Waals surface area (Å²) in [5.74, 6) is -2.38. The summed E-state index contributed by atoms with van der Waals surface area (Å²) in [6, 6.07) is 6.44. The highest BCUT2D eigenvalue weighted by atomic mass is 31.1. The number of rotatable bonds is 4. The Balaban J connectivity index is 0.00000167. The normalized spacial score (nSPS) is 22.9. The molecular weight excluding hydrogens is 502 g/mol. The molecule has 2 fully saturated rings. The molecule has 0 spiro atoms. The van der Waals surface area contributed by atoms with Gasteiger partial charge < -0.3 is 9.64 Å². The van der Waals surface area contributed by atoms with E-state index in [2.05, 4.69) is 0 Å². The van der Waals surface area contributed by atoms with Crippen molar-refractivity contribution in [3.05, 3.63) is 70.5 Å². The lowest BCUT2D eigenvalue weighted by Crippen LogP contribution is -2.30. The minimum absolute atomic E-state index is 0.0296. The third kappa shape index (κ3) is 5.83. The van der Waals surface area contributed by atoms with Crippen LogP contribution in [0, 0.1) is 5.82 Å². The lowest BCUT2D eigenvalue weighted by atomic mass is 9.95. The van der Waals surface area contributed by atoms with Crippen LogP contribution < -0.4 is 0 Å². The number of halogens is 7. The molecular formula is C23H21F7NO3P. The number of nitrogens with zero attached hydrogens (tertiary/aromatic N) is 1. The molecule has 2 aliphatic heterocycles. The molecule has 2 aromatic carbocycles. The van der Waals surface area contributed by atoms with E-state index in [4.69, 9.17) is 4.74 Å². The van der Waals surface area contributed by atoms with Crippen LogP contribution in [0.15, 0.2) is 42.5 Å². The van der Waals surface area contributed by atoms with Crippen molar-refractivity contribution in [3.63, 3.8) is 0 Å². The third-order valence-electron chi connectivity index (χ3n) is 5.55. The second-order valence-corrected chi connectivity index (χ2v) is 9.05. The van der Waals surface area contributed by atoms with Crippen molar-refractivity contribution in [1.29, 1.82) is 0 Å². The number of benzene rings is 2. The largest absolute Gasteiger partial charge is 0.416 e. The van der Waals surface area contributed by atoms with Gasteiger partial charge in [0.25, 0.3) is 5.91 Å². The zero-order valence-corrected chi connectivity index (χ0v) is 19.5. The maximum atomic E-state index is 13.4. The Morgan fingerprint density at radius 3 is 2.00 bits per heavy atom. The molecule has 1 amide bonds. The highest BCUT2D eigenvalue weighted by Crippen LogP contribution is 2.49. The molecule has 0 radical (unpaired) electrons. The molecule has 4 unspecified atom stereocenters. The van der Waals surface area contributed by atoms with Gasteiger partial charge in [0.15, 0.2) is 0 Å². The molecule has 2 heterocycles. The monoisotopic (exact) mass is 523 g/mol. The standard InChI is InChI=1S/C21H15F7NO3P.C2H6/c22-14-3-1-11(2-4-14)16-15(8-29-17(30)19(31)33-18(16)29)32-9-10-5-12(20(23,24)25)7-13(6-10)21(26,27)28;1-2/h1-7,15-16,18,33H,8-9H2;1-2H3. The van der Waals surface area contributed by atoms with E-state index in [-0.39, 0.29) is 18.2 Å². The summed E-state index contributed by atoms with van der Waals surface area (Å²) in [4.78, 5) is 25.3. The number of amides is 1. The quantitative estimate of drug-likeness (QED) is 0.283. The van der Waals surface area contributed by atoms with E-state index in [1.54, 1.807) is 0 Å². The summed E-state index contributed by atoms with van der Waals surface area (Å²) in [5, 5.41) is 0. The van der Waals surface area contributed by atoms with Gasteiger partial charge in [-0.05, 0) is 50.0 Å². The first-order valence-electron chi connectivity index (χ1n) is 10.6. The van der Waals surface area contributed by atoms with Gasteiger partial charge in [-0.1, -0.05) is 26.0 Å². The number of ether oxygens (including phenoxy) is 1. The SMILES string of the molecule is CC.O=C1PC2C(c3ccc(F)cc3)C(OCc3cc(C(F)(F)F)cc(C(F)(F)F)c3)CN2C1=O. The number of alkyl halides is 6. The Morgan fingerprint density at radius 2 is 1.49 bits per heavy atom. The van der Waals surface area contributed by atoms with Crippen molar-refractivity contribution in [2.75, 3.05) is 6.54 Å². The average Bonchev–Trinajstić information content (AvgIpc) is 3.28. The predicted octanol–water partition coefficient (Wildman–Crippen LogP) is 5.95. The summed E-state index contributed by atoms with van der Waals surface area (Å²) in [5.41, 5.74) is -3.28. The maximum Gasteiger partial charge on any atom is 0.416 e. The van der Waals surface area contributed by atoms with Crippen molar-refractivity contribution in [2.24, 2.45) is 0 Å². The van der Waals surface area contributed by atoms with Crippen LogP contribution in [0.1, 0.15) is 42.0 Å². The minimum Gasteiger partial charge on any atom is -0.371 e. The predicted molar refractivity (Wildman–Crippen MR) is 114 cm³/mol. The molecule has 35 heavy (non-hydrogen) atoms. The van der Waals surface area contributed by atoms with Crippen molar-refractivity contribution in [1.82, 2.24) is 4.90 Å². The van der Waals surface area contributed by atoms with Crippen molar-refractivity contribution in [3.8, 4) is 0 Å². The highest BCUT2D eigenvalue weighted by Gasteiger charge is 2.52. The van der Waals surface area contributed by atoms with Crippen LogP contribution in [0.3, 0.4) is 0 Å². The second kappa shape index (κ2) is 10.2. The topological polar surface area (TPSA) is 46.6 Å². The average molecular weight is 523 g/mol. The van der Waals surface area contributed by atoms with Crippen LogP contribution in [0.5, 0.6) is 0 Å². The Labute approximate surface area is 198 Å². The molecule has 12 heteroatoms. The fourth-order valence-corrected chi connectivity index (χ4v) is 5.57. The number of hydrogen-bond donors (Lipinski definition) is 0. The van der Waals surface area contributed by atoms with Crippen LogP contribution in [0.4, 0.5) is 30.7 Å². The van der Waals surface area contributed by atoms with E-state index in [0.717, 1.165) is 0 Å². The number of carbonyl (C=O) groups excluding carboxylic acids is 2. The number of fused-ring (bicyclic) bond motifs is 1. The summed E-state index contributed by atoms with van der Waals surface area (Å²) in [7, 11) is -0.396. The lowest BCUT2D eigenvalue weighted by Gasteiger charge is -2.23. The Bertz CT molecular complexity index is 1050. The van der Waals surface area contributed by atoms with E-state index < -0.39 is 73.7 Å². The summed E-state index contributed by atoms with van der Waals surface area (Å²) in [6.45, 7) is 3.36. The molecule has 0 aliphatic carbocycles. The Morgan fingerprint density at radius 1 is 0.943 bits per heavy atom. The molecule has 4 nitrogen and oxygen atoms in total. The van der Waals surface area contributed by atoms with Crippen LogP contribution >= 0.6 is 8.58 Å². The van der Waals surface area contributed by atoms with Crippen molar-refractivity contribution in [2.45, 2.75) is 50.6 Å². The summed E-state index contributed by atoms with van der Waals surface area (Å²) in [6.07, 6.45) is -10.8. The van der Waals surface area contributed by atoms with Crippen molar-refractivity contribution >= 4 is 20.0 Å². The van der Waals surface area contributed by atoms with Gasteiger partial charge in [-0.3, -0.25) is 9.59 Å². The third-order valence-corrected chi connectivity index (χ3v) is 7.00. The fraction of sp³-hybridized carbons (Fsp3) is 0.391. The highest BCUT2D eigenvalue weighted by molar-refractivity contribution is 7.63. The van der Waals surface area contributed by atoms with E-state index in [9.17, 15) is 40.3 Å². The Hall–Kier alpha value is -2.52. The van der Waals surface area contributed by atoms with Crippen LogP contribution in [0.25, 0.3) is 0 Å². The molecule has 2 aromatic rings. The maximum absolute atomic E-state index is 13.4. The van der Waals surface area contributed by atoms with Gasteiger partial charge in [0.2, 0.25) is 5.52 Å². The van der Waals surface area contributed by atoms with Gasteiger partial charge in [-0.25, -0.2) is 4.39 Å². The molecule has 2 saturated heterocycles. The van der Waals surface area contributed by atoms with Crippen LogP contribution in [-0.2, 0) is 33.3 Å². The first kappa shape index (κ1) is 27.1.